The van der Waals surface area contributed by atoms with Gasteiger partial charge in [0.05, 0.1) is 5.02 Å². The van der Waals surface area contributed by atoms with Gasteiger partial charge in [0.15, 0.2) is 6.10 Å². The van der Waals surface area contributed by atoms with Crippen molar-refractivity contribution in [3.05, 3.63) is 69.3 Å². The number of ether oxygens (including phenoxy) is 1. The van der Waals surface area contributed by atoms with Crippen molar-refractivity contribution < 1.29 is 13.9 Å². The fraction of sp³-hybridized carbons (Fsp3) is 0.286. The van der Waals surface area contributed by atoms with Crippen molar-refractivity contribution >= 4 is 28.5 Å². The average Bonchev–Trinajstić information content (AvgIpc) is 2.68. The lowest BCUT2D eigenvalue weighted by molar-refractivity contribution is -0.127. The molecule has 1 aromatic carbocycles. The number of carbonyl (C=O) groups is 1. The molecule has 0 saturated carbocycles. The fourth-order valence-corrected chi connectivity index (χ4v) is 3.08. The van der Waals surface area contributed by atoms with Gasteiger partial charge in [0.2, 0.25) is 0 Å². The standard InChI is InChI=1S/C21H21ClN2O4/c1-3-5-15-8-20(25)28-18-10-19(17(22)9-16(15)18)27-13(2)21(26)24-12-14-6-4-7-23-11-14/h4,6-11,13H,3,5,12H2,1-2H3,(H,24,26). The molecule has 1 unspecified atom stereocenters. The van der Waals surface area contributed by atoms with Crippen LogP contribution in [0.15, 0.2) is 51.9 Å². The smallest absolute Gasteiger partial charge is 0.336 e. The highest BCUT2D eigenvalue weighted by Gasteiger charge is 2.18. The SMILES string of the molecule is CCCc1cc(=O)oc2cc(OC(C)C(=O)NCc3cccnc3)c(Cl)cc12. The van der Waals surface area contributed by atoms with Gasteiger partial charge >= 0.3 is 5.63 Å². The van der Waals surface area contributed by atoms with E-state index >= 15 is 0 Å². The molecule has 7 heteroatoms. The lowest BCUT2D eigenvalue weighted by atomic mass is 10.1. The first-order valence-electron chi connectivity index (χ1n) is 9.07. The molecule has 1 N–H and O–H groups in total. The Hall–Kier alpha value is -2.86. The molecule has 0 aliphatic carbocycles. The molecule has 146 valence electrons. The van der Waals surface area contributed by atoms with Gasteiger partial charge in [0.1, 0.15) is 11.3 Å². The summed E-state index contributed by atoms with van der Waals surface area (Å²) in [4.78, 5) is 28.1. The predicted molar refractivity (Wildman–Crippen MR) is 108 cm³/mol. The van der Waals surface area contributed by atoms with Gasteiger partial charge in [-0.25, -0.2) is 4.79 Å². The van der Waals surface area contributed by atoms with E-state index in [0.717, 1.165) is 29.4 Å². The van der Waals surface area contributed by atoms with E-state index in [0.29, 0.717) is 17.2 Å². The monoisotopic (exact) mass is 400 g/mol. The number of nitrogens with zero attached hydrogens (tertiary/aromatic N) is 1. The Labute approximate surface area is 167 Å². The molecule has 1 atom stereocenters. The molecule has 0 spiro atoms. The zero-order valence-corrected chi connectivity index (χ0v) is 16.5. The number of amides is 1. The van der Waals surface area contributed by atoms with Crippen LogP contribution in [0.1, 0.15) is 31.4 Å². The van der Waals surface area contributed by atoms with Crippen molar-refractivity contribution in [3.8, 4) is 5.75 Å². The summed E-state index contributed by atoms with van der Waals surface area (Å²) in [6.07, 6.45) is 4.21. The number of aryl methyl sites for hydroxylation is 1. The van der Waals surface area contributed by atoms with Gasteiger partial charge < -0.3 is 14.5 Å². The number of fused-ring (bicyclic) bond motifs is 1. The van der Waals surface area contributed by atoms with E-state index in [1.54, 1.807) is 37.5 Å². The summed E-state index contributed by atoms with van der Waals surface area (Å²) in [6.45, 7) is 4.01. The summed E-state index contributed by atoms with van der Waals surface area (Å²) >= 11 is 6.35. The lowest BCUT2D eigenvalue weighted by Gasteiger charge is -2.16. The van der Waals surface area contributed by atoms with Crippen molar-refractivity contribution in [1.29, 1.82) is 0 Å². The van der Waals surface area contributed by atoms with Crippen molar-refractivity contribution in [1.82, 2.24) is 10.3 Å². The summed E-state index contributed by atoms with van der Waals surface area (Å²) in [5, 5.41) is 3.91. The van der Waals surface area contributed by atoms with Gasteiger partial charge in [-0.05, 0) is 36.6 Å². The first-order chi connectivity index (χ1) is 13.5. The maximum atomic E-state index is 12.3. The number of rotatable bonds is 7. The zero-order valence-electron chi connectivity index (χ0n) is 15.7. The van der Waals surface area contributed by atoms with Crippen LogP contribution in [0.5, 0.6) is 5.75 Å². The summed E-state index contributed by atoms with van der Waals surface area (Å²) < 4.78 is 11.0. The third-order valence-electron chi connectivity index (χ3n) is 4.26. The van der Waals surface area contributed by atoms with Gasteiger partial charge in [-0.2, -0.15) is 0 Å². The number of hydrogen-bond acceptors (Lipinski definition) is 5. The Kier molecular flexibility index (Phi) is 6.31. The van der Waals surface area contributed by atoms with E-state index in [-0.39, 0.29) is 11.7 Å². The second kappa shape index (κ2) is 8.89. The zero-order chi connectivity index (χ0) is 20.1. The highest BCUT2D eigenvalue weighted by molar-refractivity contribution is 6.32. The van der Waals surface area contributed by atoms with Gasteiger partial charge in [-0.1, -0.05) is 31.0 Å². The molecule has 0 aliphatic heterocycles. The number of benzene rings is 1. The molecule has 0 bridgehead atoms. The minimum atomic E-state index is -0.780. The first kappa shape index (κ1) is 19.9. The Balaban J connectivity index is 1.76. The molecule has 1 amide bonds. The predicted octanol–water partition coefficient (Wildman–Crippen LogP) is 3.88. The number of nitrogens with one attached hydrogen (secondary N) is 1. The molecule has 2 aromatic heterocycles. The first-order valence-corrected chi connectivity index (χ1v) is 9.45. The molecule has 0 radical (unpaired) electrons. The minimum Gasteiger partial charge on any atom is -0.479 e. The molecule has 0 aliphatic rings. The highest BCUT2D eigenvalue weighted by atomic mass is 35.5. The maximum absolute atomic E-state index is 12.3. The van der Waals surface area contributed by atoms with E-state index in [4.69, 9.17) is 20.8 Å². The highest BCUT2D eigenvalue weighted by Crippen LogP contribution is 2.32. The third-order valence-corrected chi connectivity index (χ3v) is 4.56. The van der Waals surface area contributed by atoms with Crippen LogP contribution >= 0.6 is 11.6 Å². The molecule has 28 heavy (non-hydrogen) atoms. The Morgan fingerprint density at radius 3 is 2.89 bits per heavy atom. The van der Waals surface area contributed by atoms with Crippen molar-refractivity contribution in [2.24, 2.45) is 0 Å². The maximum Gasteiger partial charge on any atom is 0.336 e. The van der Waals surface area contributed by atoms with Gasteiger partial charge in [0, 0.05) is 36.5 Å². The van der Waals surface area contributed by atoms with Crippen molar-refractivity contribution in [3.63, 3.8) is 0 Å². The van der Waals surface area contributed by atoms with Crippen LogP contribution in [0, 0.1) is 0 Å². The molecule has 3 rings (SSSR count). The molecule has 6 nitrogen and oxygen atoms in total. The Morgan fingerprint density at radius 1 is 1.36 bits per heavy atom. The van der Waals surface area contributed by atoms with E-state index in [1.165, 1.54) is 6.07 Å². The van der Waals surface area contributed by atoms with Crippen LogP contribution in [0.4, 0.5) is 0 Å². The second-order valence-electron chi connectivity index (χ2n) is 6.46. The molecular weight excluding hydrogens is 380 g/mol. The van der Waals surface area contributed by atoms with Crippen molar-refractivity contribution in [2.75, 3.05) is 0 Å². The lowest BCUT2D eigenvalue weighted by Crippen LogP contribution is -2.36. The molecule has 3 aromatic rings. The van der Waals surface area contributed by atoms with E-state index in [9.17, 15) is 9.59 Å². The largest absolute Gasteiger partial charge is 0.479 e. The van der Waals surface area contributed by atoms with E-state index in [2.05, 4.69) is 10.3 Å². The number of pyridine rings is 1. The topological polar surface area (TPSA) is 81.4 Å². The number of halogens is 1. The normalized spacial score (nSPS) is 12.0. The van der Waals surface area contributed by atoms with Gasteiger partial charge in [-0.15, -0.1) is 0 Å². The van der Waals surface area contributed by atoms with Gasteiger partial charge in [-0.3, -0.25) is 9.78 Å². The van der Waals surface area contributed by atoms with Crippen LogP contribution in [-0.4, -0.2) is 17.0 Å². The summed E-state index contributed by atoms with van der Waals surface area (Å²) in [5.74, 6) is -0.00352. The summed E-state index contributed by atoms with van der Waals surface area (Å²) in [6, 6.07) is 8.42. The molecular formula is C21H21ClN2O4. The summed E-state index contributed by atoms with van der Waals surface area (Å²) in [7, 11) is 0. The van der Waals surface area contributed by atoms with Crippen LogP contribution in [-0.2, 0) is 17.8 Å². The van der Waals surface area contributed by atoms with Crippen LogP contribution < -0.4 is 15.7 Å². The Bertz CT molecular complexity index is 1030. The number of hydrogen-bond donors (Lipinski definition) is 1. The van der Waals surface area contributed by atoms with E-state index in [1.807, 2.05) is 13.0 Å². The summed E-state index contributed by atoms with van der Waals surface area (Å²) in [5.41, 5.74) is 1.73. The molecule has 0 saturated heterocycles. The number of carbonyl (C=O) groups excluding carboxylic acids is 1. The molecule has 2 heterocycles. The Morgan fingerprint density at radius 2 is 2.18 bits per heavy atom. The van der Waals surface area contributed by atoms with Crippen LogP contribution in [0.25, 0.3) is 11.0 Å². The van der Waals surface area contributed by atoms with E-state index < -0.39 is 11.7 Å². The third kappa shape index (κ3) is 4.70. The fourth-order valence-electron chi connectivity index (χ4n) is 2.87. The average molecular weight is 401 g/mol. The number of aromatic nitrogens is 1. The quantitative estimate of drug-likeness (QED) is 0.609. The van der Waals surface area contributed by atoms with Crippen molar-refractivity contribution in [2.45, 2.75) is 39.3 Å². The minimum absolute atomic E-state index is 0.287. The van der Waals surface area contributed by atoms with Crippen LogP contribution in [0.2, 0.25) is 5.02 Å². The second-order valence-corrected chi connectivity index (χ2v) is 6.87. The van der Waals surface area contributed by atoms with Gasteiger partial charge in [0.25, 0.3) is 5.91 Å². The van der Waals surface area contributed by atoms with Crippen LogP contribution in [0.3, 0.4) is 0 Å². The molecule has 0 fully saturated rings.